The summed E-state index contributed by atoms with van der Waals surface area (Å²) in [5.41, 5.74) is 3.27. The summed E-state index contributed by atoms with van der Waals surface area (Å²) in [5, 5.41) is 23.9. The van der Waals surface area contributed by atoms with Crippen molar-refractivity contribution in [2.24, 2.45) is 0 Å². The summed E-state index contributed by atoms with van der Waals surface area (Å²) in [6.07, 6.45) is -1.53. The zero-order chi connectivity index (χ0) is 19.6. The monoisotopic (exact) mass is 406 g/mol. The SMILES string of the molecule is [Ca+2].[O-]C(c1ccccc1)c1ccccc1.[O-]C(c1ccccc1)c1ccccc1. The van der Waals surface area contributed by atoms with E-state index in [1.54, 1.807) is 0 Å². The second kappa shape index (κ2) is 12.6. The minimum absolute atomic E-state index is 0. The largest absolute Gasteiger partial charge is 2.00 e. The molecule has 0 unspecified atom stereocenters. The summed E-state index contributed by atoms with van der Waals surface area (Å²) >= 11 is 0. The van der Waals surface area contributed by atoms with E-state index in [0.717, 1.165) is 22.3 Å². The van der Waals surface area contributed by atoms with Crippen molar-refractivity contribution in [2.45, 2.75) is 12.2 Å². The minimum Gasteiger partial charge on any atom is -0.845 e. The summed E-state index contributed by atoms with van der Waals surface area (Å²) in [4.78, 5) is 0. The summed E-state index contributed by atoms with van der Waals surface area (Å²) in [6.45, 7) is 0. The molecule has 0 bridgehead atoms. The molecule has 0 aliphatic carbocycles. The first kappa shape index (κ1) is 23.3. The van der Waals surface area contributed by atoms with Gasteiger partial charge >= 0.3 is 37.7 Å². The molecule has 0 saturated heterocycles. The minimum atomic E-state index is -0.766. The van der Waals surface area contributed by atoms with E-state index in [1.807, 2.05) is 121 Å². The molecular formula is C26H22CaO2. The Morgan fingerprint density at radius 1 is 0.345 bits per heavy atom. The van der Waals surface area contributed by atoms with Crippen LogP contribution in [0.3, 0.4) is 0 Å². The second-order valence-corrected chi connectivity index (χ2v) is 6.40. The van der Waals surface area contributed by atoms with Gasteiger partial charge in [0.25, 0.3) is 0 Å². The molecule has 2 nitrogen and oxygen atoms in total. The van der Waals surface area contributed by atoms with Crippen molar-refractivity contribution in [3.63, 3.8) is 0 Å². The number of hydrogen-bond acceptors (Lipinski definition) is 2. The fourth-order valence-corrected chi connectivity index (χ4v) is 2.90. The number of rotatable bonds is 4. The van der Waals surface area contributed by atoms with Crippen molar-refractivity contribution < 1.29 is 10.2 Å². The Bertz CT molecular complexity index is 769. The molecule has 0 heterocycles. The van der Waals surface area contributed by atoms with Gasteiger partial charge in [0.1, 0.15) is 0 Å². The first-order valence-electron chi connectivity index (χ1n) is 9.27. The van der Waals surface area contributed by atoms with Crippen molar-refractivity contribution >= 4 is 37.7 Å². The molecule has 0 aromatic heterocycles. The molecule has 0 N–H and O–H groups in total. The van der Waals surface area contributed by atoms with E-state index in [0.29, 0.717) is 0 Å². The fourth-order valence-electron chi connectivity index (χ4n) is 2.90. The predicted molar refractivity (Wildman–Crippen MR) is 115 cm³/mol. The molecule has 0 spiro atoms. The van der Waals surface area contributed by atoms with Gasteiger partial charge in [0.2, 0.25) is 0 Å². The summed E-state index contributed by atoms with van der Waals surface area (Å²) < 4.78 is 0. The molecule has 3 heteroatoms. The fraction of sp³-hybridized carbons (Fsp3) is 0.0769. The maximum atomic E-state index is 11.9. The van der Waals surface area contributed by atoms with Crippen molar-refractivity contribution in [1.82, 2.24) is 0 Å². The molecule has 140 valence electrons. The van der Waals surface area contributed by atoms with E-state index in [2.05, 4.69) is 0 Å². The Kier molecular flexibility index (Phi) is 10.1. The van der Waals surface area contributed by atoms with Crippen LogP contribution in [-0.4, -0.2) is 37.7 Å². The predicted octanol–water partition coefficient (Wildman–Crippen LogP) is 3.89. The maximum Gasteiger partial charge on any atom is 2.00 e. The van der Waals surface area contributed by atoms with Crippen molar-refractivity contribution in [2.75, 3.05) is 0 Å². The van der Waals surface area contributed by atoms with E-state index in [-0.39, 0.29) is 37.7 Å². The van der Waals surface area contributed by atoms with E-state index in [9.17, 15) is 10.2 Å². The first-order chi connectivity index (χ1) is 13.8. The molecule has 0 radical (unpaired) electrons. The maximum absolute atomic E-state index is 11.9. The first-order valence-corrected chi connectivity index (χ1v) is 9.27. The van der Waals surface area contributed by atoms with Crippen LogP contribution < -0.4 is 10.2 Å². The molecule has 29 heavy (non-hydrogen) atoms. The Balaban J connectivity index is 0.000000200. The summed E-state index contributed by atoms with van der Waals surface area (Å²) in [5.74, 6) is 0. The van der Waals surface area contributed by atoms with Crippen LogP contribution >= 0.6 is 0 Å². The third-order valence-electron chi connectivity index (χ3n) is 4.41. The third kappa shape index (κ3) is 7.11. The zero-order valence-electron chi connectivity index (χ0n) is 16.2. The molecule has 0 saturated carbocycles. The second-order valence-electron chi connectivity index (χ2n) is 6.40. The standard InChI is InChI=1S/2C13H11O.Ca/c2*14-13(11-7-3-1-4-8-11)12-9-5-2-6-10-12;/h2*1-10,13H;/q2*-1;+2. The summed E-state index contributed by atoms with van der Waals surface area (Å²) in [6, 6.07) is 37.7. The normalized spacial score (nSPS) is 10.1. The molecule has 4 aromatic rings. The van der Waals surface area contributed by atoms with E-state index in [4.69, 9.17) is 0 Å². The smallest absolute Gasteiger partial charge is 0.845 e. The Labute approximate surface area is 202 Å². The van der Waals surface area contributed by atoms with Crippen LogP contribution in [0.5, 0.6) is 0 Å². The van der Waals surface area contributed by atoms with Crippen LogP contribution in [0, 0.1) is 0 Å². The topological polar surface area (TPSA) is 46.1 Å². The van der Waals surface area contributed by atoms with Crippen molar-refractivity contribution in [3.05, 3.63) is 144 Å². The number of hydrogen-bond donors (Lipinski definition) is 0. The van der Waals surface area contributed by atoms with Crippen LogP contribution in [0.2, 0.25) is 0 Å². The van der Waals surface area contributed by atoms with Crippen LogP contribution in [0.25, 0.3) is 0 Å². The van der Waals surface area contributed by atoms with Crippen LogP contribution in [0.4, 0.5) is 0 Å². The Hall–Kier alpha value is -1.94. The quantitative estimate of drug-likeness (QED) is 0.483. The molecule has 4 rings (SSSR count). The Morgan fingerprint density at radius 3 is 0.690 bits per heavy atom. The summed E-state index contributed by atoms with van der Waals surface area (Å²) in [7, 11) is 0. The van der Waals surface area contributed by atoms with E-state index in [1.165, 1.54) is 0 Å². The number of benzene rings is 4. The molecule has 0 atom stereocenters. The molecule has 0 fully saturated rings. The van der Waals surface area contributed by atoms with Gasteiger partial charge in [0, 0.05) is 0 Å². The van der Waals surface area contributed by atoms with Gasteiger partial charge in [-0.25, -0.2) is 0 Å². The average Bonchev–Trinajstić information content (AvgIpc) is 2.81. The molecule has 0 aliphatic heterocycles. The van der Waals surface area contributed by atoms with Crippen LogP contribution in [0.15, 0.2) is 121 Å². The van der Waals surface area contributed by atoms with Gasteiger partial charge in [0.05, 0.1) is 0 Å². The van der Waals surface area contributed by atoms with E-state index >= 15 is 0 Å². The van der Waals surface area contributed by atoms with Gasteiger partial charge in [-0.15, -0.1) is 0 Å². The van der Waals surface area contributed by atoms with Gasteiger partial charge in [-0.2, -0.15) is 0 Å². The zero-order valence-corrected chi connectivity index (χ0v) is 18.4. The van der Waals surface area contributed by atoms with E-state index < -0.39 is 12.2 Å². The van der Waals surface area contributed by atoms with Crippen molar-refractivity contribution in [3.8, 4) is 0 Å². The third-order valence-corrected chi connectivity index (χ3v) is 4.41. The van der Waals surface area contributed by atoms with Gasteiger partial charge < -0.3 is 10.2 Å². The molecule has 0 amide bonds. The van der Waals surface area contributed by atoms with Crippen molar-refractivity contribution in [1.29, 1.82) is 0 Å². The van der Waals surface area contributed by atoms with Gasteiger partial charge in [0.15, 0.2) is 0 Å². The molecular weight excluding hydrogens is 384 g/mol. The Morgan fingerprint density at radius 2 is 0.517 bits per heavy atom. The average molecular weight is 407 g/mol. The molecule has 0 aliphatic rings. The van der Waals surface area contributed by atoms with Gasteiger partial charge in [-0.05, 0) is 0 Å². The van der Waals surface area contributed by atoms with Gasteiger partial charge in [-0.1, -0.05) is 156 Å². The van der Waals surface area contributed by atoms with Crippen LogP contribution in [-0.2, 0) is 0 Å². The molecule has 4 aromatic carbocycles. The van der Waals surface area contributed by atoms with Crippen LogP contribution in [0.1, 0.15) is 34.5 Å². The van der Waals surface area contributed by atoms with Gasteiger partial charge in [-0.3, -0.25) is 0 Å².